The molecule has 106 valence electrons. The summed E-state index contributed by atoms with van der Waals surface area (Å²) in [5.74, 6) is 0.962. The second kappa shape index (κ2) is 5.69. The predicted octanol–water partition coefficient (Wildman–Crippen LogP) is 4.36. The minimum Gasteiger partial charge on any atom is -0.383 e. The van der Waals surface area contributed by atoms with Crippen molar-refractivity contribution in [2.45, 2.75) is 13.3 Å². The highest BCUT2D eigenvalue weighted by Crippen LogP contribution is 2.30. The van der Waals surface area contributed by atoms with Crippen molar-refractivity contribution in [2.75, 3.05) is 5.73 Å². The van der Waals surface area contributed by atoms with Crippen LogP contribution in [0.5, 0.6) is 0 Å². The number of nitrogens with two attached hydrogens (primary N) is 1. The third kappa shape index (κ3) is 2.65. The summed E-state index contributed by atoms with van der Waals surface area (Å²) in [6.07, 6.45) is 0.769. The third-order valence-corrected chi connectivity index (χ3v) is 4.64. The molecule has 0 bridgehead atoms. The maximum absolute atomic E-state index is 5.96. The molecule has 2 aromatic heterocycles. The number of anilines is 1. The van der Waals surface area contributed by atoms with Gasteiger partial charge in [-0.25, -0.2) is 15.0 Å². The lowest BCUT2D eigenvalue weighted by atomic mass is 10.2. The highest BCUT2D eigenvalue weighted by molar-refractivity contribution is 9.11. The molecule has 0 aliphatic rings. The van der Waals surface area contributed by atoms with Gasteiger partial charge in [0.1, 0.15) is 11.5 Å². The molecule has 3 rings (SSSR count). The zero-order valence-corrected chi connectivity index (χ0v) is 14.4. The van der Waals surface area contributed by atoms with Crippen LogP contribution in [-0.4, -0.2) is 15.0 Å². The highest BCUT2D eigenvalue weighted by atomic mass is 79.9. The van der Waals surface area contributed by atoms with Gasteiger partial charge < -0.3 is 5.73 Å². The molecule has 0 spiro atoms. The molecule has 21 heavy (non-hydrogen) atoms. The Morgan fingerprint density at radius 3 is 2.62 bits per heavy atom. The molecule has 0 atom stereocenters. The summed E-state index contributed by atoms with van der Waals surface area (Å²) in [5, 5.41) is 1.06. The van der Waals surface area contributed by atoms with Crippen LogP contribution in [0.3, 0.4) is 0 Å². The fraction of sp³-hybridized carbons (Fsp3) is 0.133. The molecule has 3 aromatic rings. The number of nitrogens with zero attached hydrogens (tertiary/aromatic N) is 3. The van der Waals surface area contributed by atoms with Gasteiger partial charge in [0.25, 0.3) is 0 Å². The molecule has 0 aliphatic heterocycles. The van der Waals surface area contributed by atoms with Gasteiger partial charge in [-0.05, 0) is 50.4 Å². The summed E-state index contributed by atoms with van der Waals surface area (Å²) in [5.41, 5.74) is 8.43. The van der Waals surface area contributed by atoms with Crippen molar-refractivity contribution in [3.05, 3.63) is 45.0 Å². The lowest BCUT2D eigenvalue weighted by Gasteiger charge is -2.09. The van der Waals surface area contributed by atoms with Crippen LogP contribution in [0.2, 0.25) is 0 Å². The van der Waals surface area contributed by atoms with Gasteiger partial charge in [-0.2, -0.15) is 0 Å². The van der Waals surface area contributed by atoms with E-state index in [0.29, 0.717) is 17.3 Å². The molecule has 4 nitrogen and oxygen atoms in total. The van der Waals surface area contributed by atoms with Gasteiger partial charge in [-0.1, -0.05) is 25.1 Å². The van der Waals surface area contributed by atoms with Crippen molar-refractivity contribution in [3.8, 4) is 11.5 Å². The number of hydrogen-bond donors (Lipinski definition) is 1. The van der Waals surface area contributed by atoms with E-state index in [9.17, 15) is 0 Å². The lowest BCUT2D eigenvalue weighted by molar-refractivity contribution is 0.989. The number of rotatable bonds is 2. The van der Waals surface area contributed by atoms with E-state index in [-0.39, 0.29) is 0 Å². The second-order valence-electron chi connectivity index (χ2n) is 4.56. The first kappa shape index (κ1) is 14.4. The lowest BCUT2D eigenvalue weighted by Crippen LogP contribution is -2.03. The zero-order valence-electron chi connectivity index (χ0n) is 11.3. The van der Waals surface area contributed by atoms with E-state index >= 15 is 0 Å². The summed E-state index contributed by atoms with van der Waals surface area (Å²) in [6.45, 7) is 2.03. The van der Waals surface area contributed by atoms with Gasteiger partial charge in [-0.15, -0.1) is 0 Å². The summed E-state index contributed by atoms with van der Waals surface area (Å²) < 4.78 is 1.61. The van der Waals surface area contributed by atoms with Crippen molar-refractivity contribution >= 4 is 48.6 Å². The smallest absolute Gasteiger partial charge is 0.181 e. The van der Waals surface area contributed by atoms with Crippen LogP contribution in [0, 0.1) is 0 Å². The largest absolute Gasteiger partial charge is 0.383 e. The van der Waals surface area contributed by atoms with Crippen LogP contribution in [0.4, 0.5) is 5.82 Å². The number of aromatic nitrogens is 3. The second-order valence-corrected chi connectivity index (χ2v) is 6.21. The van der Waals surface area contributed by atoms with Crippen LogP contribution in [0.25, 0.3) is 22.4 Å². The summed E-state index contributed by atoms with van der Waals surface area (Å²) in [4.78, 5) is 13.6. The SMILES string of the molecule is CCc1nc(-c2nc3ccccc3cc2Br)nc(N)c1Br. The molecular formula is C15H12Br2N4. The standard InChI is InChI=1S/C15H12Br2N4/c1-2-10-12(17)14(18)21-15(20-10)13-9(16)7-8-5-3-4-6-11(8)19-13/h3-7H,2H2,1H3,(H2,18,20,21). The number of benzene rings is 1. The first-order valence-electron chi connectivity index (χ1n) is 6.47. The highest BCUT2D eigenvalue weighted by Gasteiger charge is 2.14. The van der Waals surface area contributed by atoms with Crippen molar-refractivity contribution in [3.63, 3.8) is 0 Å². The van der Waals surface area contributed by atoms with Gasteiger partial charge in [-0.3, -0.25) is 0 Å². The first-order valence-corrected chi connectivity index (χ1v) is 8.06. The third-order valence-electron chi connectivity index (χ3n) is 3.17. The molecule has 0 saturated carbocycles. The Balaban J connectivity index is 2.25. The molecule has 0 saturated heterocycles. The van der Waals surface area contributed by atoms with Crippen molar-refractivity contribution in [2.24, 2.45) is 0 Å². The van der Waals surface area contributed by atoms with Crippen LogP contribution < -0.4 is 5.73 Å². The van der Waals surface area contributed by atoms with Gasteiger partial charge in [0.15, 0.2) is 5.82 Å². The summed E-state index contributed by atoms with van der Waals surface area (Å²) >= 11 is 6.97. The van der Waals surface area contributed by atoms with E-state index in [0.717, 1.165) is 32.0 Å². The monoisotopic (exact) mass is 406 g/mol. The van der Waals surface area contributed by atoms with Gasteiger partial charge in [0, 0.05) is 9.86 Å². The Labute approximate surface area is 139 Å². The van der Waals surface area contributed by atoms with E-state index in [1.165, 1.54) is 0 Å². The van der Waals surface area contributed by atoms with Gasteiger partial charge in [0.05, 0.1) is 15.7 Å². The molecule has 6 heteroatoms. The molecule has 0 amide bonds. The van der Waals surface area contributed by atoms with Crippen molar-refractivity contribution in [1.82, 2.24) is 15.0 Å². The number of pyridine rings is 1. The topological polar surface area (TPSA) is 64.7 Å². The number of para-hydroxylation sites is 1. The average Bonchev–Trinajstić information content (AvgIpc) is 2.49. The van der Waals surface area contributed by atoms with E-state index in [1.54, 1.807) is 0 Å². The Kier molecular flexibility index (Phi) is 3.91. The van der Waals surface area contributed by atoms with Crippen molar-refractivity contribution in [1.29, 1.82) is 0 Å². The number of nitrogen functional groups attached to an aromatic ring is 1. The zero-order chi connectivity index (χ0) is 15.0. The number of hydrogen-bond acceptors (Lipinski definition) is 4. The number of aryl methyl sites for hydroxylation is 1. The molecule has 2 heterocycles. The molecule has 0 aliphatic carbocycles. The summed E-state index contributed by atoms with van der Waals surface area (Å²) in [7, 11) is 0. The maximum Gasteiger partial charge on any atom is 0.181 e. The van der Waals surface area contributed by atoms with Crippen LogP contribution in [-0.2, 0) is 6.42 Å². The Morgan fingerprint density at radius 1 is 1.10 bits per heavy atom. The van der Waals surface area contributed by atoms with E-state index in [4.69, 9.17) is 5.73 Å². The molecule has 1 aromatic carbocycles. The minimum atomic E-state index is 0.429. The Bertz CT molecular complexity index is 833. The fourth-order valence-electron chi connectivity index (χ4n) is 2.10. The normalized spacial score (nSPS) is 11.0. The van der Waals surface area contributed by atoms with Gasteiger partial charge in [0.2, 0.25) is 0 Å². The number of halogens is 2. The fourth-order valence-corrected chi connectivity index (χ4v) is 3.07. The van der Waals surface area contributed by atoms with Crippen molar-refractivity contribution < 1.29 is 0 Å². The van der Waals surface area contributed by atoms with Crippen LogP contribution in [0.1, 0.15) is 12.6 Å². The number of fused-ring (bicyclic) bond motifs is 1. The molecule has 2 N–H and O–H groups in total. The molecule has 0 radical (unpaired) electrons. The molecule has 0 unspecified atom stereocenters. The molecular weight excluding hydrogens is 396 g/mol. The average molecular weight is 408 g/mol. The Morgan fingerprint density at radius 2 is 1.86 bits per heavy atom. The minimum absolute atomic E-state index is 0.429. The summed E-state index contributed by atoms with van der Waals surface area (Å²) in [6, 6.07) is 9.95. The van der Waals surface area contributed by atoms with E-state index in [1.807, 2.05) is 37.3 Å². The first-order chi connectivity index (χ1) is 10.1. The van der Waals surface area contributed by atoms with Crippen LogP contribution in [0.15, 0.2) is 39.3 Å². The maximum atomic E-state index is 5.96. The molecule has 0 fully saturated rings. The van der Waals surface area contributed by atoms with E-state index in [2.05, 4.69) is 46.8 Å². The van der Waals surface area contributed by atoms with Crippen LogP contribution >= 0.6 is 31.9 Å². The predicted molar refractivity (Wildman–Crippen MR) is 92.0 cm³/mol. The Hall–Kier alpha value is -1.53. The van der Waals surface area contributed by atoms with Gasteiger partial charge >= 0.3 is 0 Å². The quantitative estimate of drug-likeness (QED) is 0.685. The van der Waals surface area contributed by atoms with E-state index < -0.39 is 0 Å².